The van der Waals surface area contributed by atoms with Crippen molar-refractivity contribution < 1.29 is 0 Å². The number of rotatable bonds is 2. The van der Waals surface area contributed by atoms with Crippen LogP contribution in [0.15, 0.2) is 48.7 Å². The fourth-order valence-corrected chi connectivity index (χ4v) is 2.29. The second kappa shape index (κ2) is 4.98. The molecule has 2 aromatic heterocycles. The lowest BCUT2D eigenvalue weighted by atomic mass is 10.0. The van der Waals surface area contributed by atoms with Gasteiger partial charge in [0.25, 0.3) is 0 Å². The molecule has 0 saturated carbocycles. The van der Waals surface area contributed by atoms with E-state index in [0.29, 0.717) is 5.02 Å². The first-order valence-electron chi connectivity index (χ1n) is 6.18. The van der Waals surface area contributed by atoms with Gasteiger partial charge in [-0.15, -0.1) is 0 Å². The number of benzene rings is 1. The Morgan fingerprint density at radius 2 is 1.95 bits per heavy atom. The smallest absolute Gasteiger partial charge is 0.159 e. The summed E-state index contributed by atoms with van der Waals surface area (Å²) in [6.07, 6.45) is 2.46. The summed E-state index contributed by atoms with van der Waals surface area (Å²) in [7, 11) is 0. The molecule has 0 bridgehead atoms. The van der Waals surface area contributed by atoms with Crippen molar-refractivity contribution >= 4 is 22.6 Å². The van der Waals surface area contributed by atoms with Crippen LogP contribution in [0.25, 0.3) is 11.0 Å². The van der Waals surface area contributed by atoms with Crippen LogP contribution in [-0.2, 0) is 6.42 Å². The van der Waals surface area contributed by atoms with E-state index in [1.165, 1.54) is 11.1 Å². The first-order chi connectivity index (χ1) is 9.22. The van der Waals surface area contributed by atoms with E-state index < -0.39 is 0 Å². The van der Waals surface area contributed by atoms with E-state index in [-0.39, 0.29) is 0 Å². The van der Waals surface area contributed by atoms with Gasteiger partial charge >= 0.3 is 0 Å². The molecule has 3 heteroatoms. The van der Waals surface area contributed by atoms with Gasteiger partial charge in [-0.2, -0.15) is 0 Å². The van der Waals surface area contributed by atoms with Crippen molar-refractivity contribution in [1.29, 1.82) is 0 Å². The first kappa shape index (κ1) is 12.1. The average molecular weight is 269 g/mol. The molecule has 19 heavy (non-hydrogen) atoms. The van der Waals surface area contributed by atoms with Crippen molar-refractivity contribution in [2.45, 2.75) is 13.3 Å². The number of fused-ring (bicyclic) bond motifs is 1. The summed E-state index contributed by atoms with van der Waals surface area (Å²) < 4.78 is 0. The number of aromatic nitrogens is 2. The van der Waals surface area contributed by atoms with Gasteiger partial charge in [-0.25, -0.2) is 9.97 Å². The largest absolute Gasteiger partial charge is 0.235 e. The molecule has 2 heterocycles. The fourth-order valence-electron chi connectivity index (χ4n) is 2.13. The monoisotopic (exact) mass is 268 g/mol. The van der Waals surface area contributed by atoms with E-state index in [0.717, 1.165) is 23.1 Å². The summed E-state index contributed by atoms with van der Waals surface area (Å²) in [5.74, 6) is 0. The van der Waals surface area contributed by atoms with Gasteiger partial charge in [-0.1, -0.05) is 35.9 Å². The van der Waals surface area contributed by atoms with Crippen LogP contribution in [-0.4, -0.2) is 9.97 Å². The van der Waals surface area contributed by atoms with Crippen LogP contribution >= 0.6 is 11.6 Å². The number of nitrogens with zero attached hydrogens (tertiary/aromatic N) is 2. The molecule has 0 radical (unpaired) electrons. The standard InChI is InChI=1S/C16H13ClN2/c1-11-4-2-3-5-12(11)9-15-7-6-13-8-14(17)10-18-16(13)19-15/h2-8,10H,9H2,1H3. The van der Waals surface area contributed by atoms with Gasteiger partial charge in [0, 0.05) is 23.7 Å². The maximum Gasteiger partial charge on any atom is 0.159 e. The molecule has 0 fully saturated rings. The average Bonchev–Trinajstić information content (AvgIpc) is 2.41. The van der Waals surface area contributed by atoms with Crippen LogP contribution in [0.4, 0.5) is 0 Å². The quantitative estimate of drug-likeness (QED) is 0.697. The van der Waals surface area contributed by atoms with Crippen LogP contribution in [0.3, 0.4) is 0 Å². The van der Waals surface area contributed by atoms with E-state index in [4.69, 9.17) is 11.6 Å². The summed E-state index contributed by atoms with van der Waals surface area (Å²) in [6, 6.07) is 14.3. The molecular weight excluding hydrogens is 256 g/mol. The maximum atomic E-state index is 5.92. The van der Waals surface area contributed by atoms with Gasteiger partial charge in [-0.3, -0.25) is 0 Å². The summed E-state index contributed by atoms with van der Waals surface area (Å²) in [5.41, 5.74) is 4.35. The number of hydrogen-bond acceptors (Lipinski definition) is 2. The van der Waals surface area contributed by atoms with E-state index >= 15 is 0 Å². The summed E-state index contributed by atoms with van der Waals surface area (Å²) in [6.45, 7) is 2.12. The van der Waals surface area contributed by atoms with Gasteiger partial charge in [0.2, 0.25) is 0 Å². The summed E-state index contributed by atoms with van der Waals surface area (Å²) in [4.78, 5) is 8.85. The second-order valence-corrected chi connectivity index (χ2v) is 5.04. The third kappa shape index (κ3) is 2.59. The molecule has 0 aliphatic heterocycles. The Balaban J connectivity index is 1.98. The van der Waals surface area contributed by atoms with Crippen LogP contribution in [0.1, 0.15) is 16.8 Å². The molecule has 0 saturated heterocycles. The van der Waals surface area contributed by atoms with Crippen molar-refractivity contribution in [2.75, 3.05) is 0 Å². The Kier molecular flexibility index (Phi) is 3.18. The van der Waals surface area contributed by atoms with E-state index in [2.05, 4.69) is 41.2 Å². The van der Waals surface area contributed by atoms with Crippen LogP contribution in [0.2, 0.25) is 5.02 Å². The number of pyridine rings is 2. The lowest BCUT2D eigenvalue weighted by molar-refractivity contribution is 1.07. The number of aryl methyl sites for hydroxylation is 1. The van der Waals surface area contributed by atoms with Gasteiger partial charge in [0.1, 0.15) is 0 Å². The Bertz CT molecular complexity index is 738. The normalized spacial score (nSPS) is 10.8. The molecule has 0 N–H and O–H groups in total. The van der Waals surface area contributed by atoms with Gasteiger partial charge in [0.15, 0.2) is 5.65 Å². The molecule has 1 aromatic carbocycles. The van der Waals surface area contributed by atoms with E-state index in [1.807, 2.05) is 18.2 Å². The zero-order valence-corrected chi connectivity index (χ0v) is 11.4. The predicted molar refractivity (Wildman–Crippen MR) is 78.5 cm³/mol. The van der Waals surface area contributed by atoms with E-state index in [1.54, 1.807) is 6.20 Å². The summed E-state index contributed by atoms with van der Waals surface area (Å²) >= 11 is 5.92. The molecule has 94 valence electrons. The third-order valence-electron chi connectivity index (χ3n) is 3.20. The lowest BCUT2D eigenvalue weighted by Crippen LogP contribution is -1.95. The Hall–Kier alpha value is -1.93. The first-order valence-corrected chi connectivity index (χ1v) is 6.56. The highest BCUT2D eigenvalue weighted by atomic mass is 35.5. The van der Waals surface area contributed by atoms with Crippen LogP contribution in [0, 0.1) is 6.92 Å². The molecule has 0 spiro atoms. The number of halogens is 1. The predicted octanol–water partition coefficient (Wildman–Crippen LogP) is 4.18. The molecule has 0 atom stereocenters. The molecule has 0 amide bonds. The molecule has 0 aliphatic rings. The van der Waals surface area contributed by atoms with Crippen molar-refractivity contribution in [3.8, 4) is 0 Å². The van der Waals surface area contributed by atoms with Gasteiger partial charge in [-0.05, 0) is 36.2 Å². The highest BCUT2D eigenvalue weighted by Crippen LogP contribution is 2.18. The SMILES string of the molecule is Cc1ccccc1Cc1ccc2cc(Cl)cnc2n1. The Morgan fingerprint density at radius 3 is 2.79 bits per heavy atom. The minimum Gasteiger partial charge on any atom is -0.235 e. The molecule has 0 aliphatic carbocycles. The molecule has 2 nitrogen and oxygen atoms in total. The highest BCUT2D eigenvalue weighted by Gasteiger charge is 2.03. The molecule has 3 rings (SSSR count). The summed E-state index contributed by atoms with van der Waals surface area (Å²) in [5, 5.41) is 1.61. The maximum absolute atomic E-state index is 5.92. The zero-order valence-electron chi connectivity index (χ0n) is 10.6. The molecular formula is C16H13ClN2. The third-order valence-corrected chi connectivity index (χ3v) is 3.41. The Labute approximate surface area is 117 Å². The minimum atomic E-state index is 0.640. The van der Waals surface area contributed by atoms with Crippen molar-refractivity contribution in [1.82, 2.24) is 9.97 Å². The lowest BCUT2D eigenvalue weighted by Gasteiger charge is -2.06. The van der Waals surface area contributed by atoms with Gasteiger partial charge in [0.05, 0.1) is 5.02 Å². The minimum absolute atomic E-state index is 0.640. The van der Waals surface area contributed by atoms with Gasteiger partial charge < -0.3 is 0 Å². The van der Waals surface area contributed by atoms with Crippen molar-refractivity contribution in [2.24, 2.45) is 0 Å². The van der Waals surface area contributed by atoms with Crippen LogP contribution < -0.4 is 0 Å². The Morgan fingerprint density at radius 1 is 1.11 bits per heavy atom. The van der Waals surface area contributed by atoms with Crippen LogP contribution in [0.5, 0.6) is 0 Å². The van der Waals surface area contributed by atoms with Crippen molar-refractivity contribution in [3.05, 3.63) is 70.5 Å². The molecule has 3 aromatic rings. The van der Waals surface area contributed by atoms with Crippen molar-refractivity contribution in [3.63, 3.8) is 0 Å². The molecule has 0 unspecified atom stereocenters. The number of hydrogen-bond donors (Lipinski definition) is 0. The zero-order chi connectivity index (χ0) is 13.2. The topological polar surface area (TPSA) is 25.8 Å². The highest BCUT2D eigenvalue weighted by molar-refractivity contribution is 6.31. The second-order valence-electron chi connectivity index (χ2n) is 4.61. The fraction of sp³-hybridized carbons (Fsp3) is 0.125. The van der Waals surface area contributed by atoms with E-state index in [9.17, 15) is 0 Å².